The minimum atomic E-state index is -0.199. The van der Waals surface area contributed by atoms with E-state index in [0.29, 0.717) is 56.6 Å². The van der Waals surface area contributed by atoms with Crippen LogP contribution in [0.3, 0.4) is 0 Å². The van der Waals surface area contributed by atoms with Gasteiger partial charge in [0.05, 0.1) is 33.0 Å². The van der Waals surface area contributed by atoms with Crippen LogP contribution in [0.1, 0.15) is 17.3 Å². The van der Waals surface area contributed by atoms with E-state index in [2.05, 4.69) is 0 Å². The first-order valence-corrected chi connectivity index (χ1v) is 8.73. The van der Waals surface area contributed by atoms with Gasteiger partial charge >= 0.3 is 0 Å². The molecule has 2 rings (SSSR count). The molecule has 0 saturated carbocycles. The molecule has 0 unspecified atom stereocenters. The zero-order chi connectivity index (χ0) is 19.5. The summed E-state index contributed by atoms with van der Waals surface area (Å²) in [7, 11) is 1.63. The molecule has 0 amide bonds. The topological polar surface area (TPSA) is 76.0 Å². The fourth-order valence-electron chi connectivity index (χ4n) is 2.28. The second kappa shape index (κ2) is 11.3. The average Bonchev–Trinajstić information content (AvgIpc) is 2.67. The van der Waals surface area contributed by atoms with Crippen LogP contribution in [0.2, 0.25) is 0 Å². The number of hydrogen-bond donors (Lipinski definition) is 0. The standard InChI is InChI=1S/C20H25NO6/c1-16(22)17-3-8-20(23)21(15-17)18-4-6-19(7-5-18)27-14-13-26-12-11-25-10-9-24-2/h3-8,15H,9-14H2,1-2H3. The van der Waals surface area contributed by atoms with Crippen LogP contribution in [0.4, 0.5) is 0 Å². The molecule has 1 heterocycles. The van der Waals surface area contributed by atoms with Crippen LogP contribution in [0.5, 0.6) is 5.75 Å². The number of hydrogen-bond acceptors (Lipinski definition) is 6. The quantitative estimate of drug-likeness (QED) is 0.418. The minimum absolute atomic E-state index is 0.0900. The lowest BCUT2D eigenvalue weighted by Crippen LogP contribution is -2.18. The lowest BCUT2D eigenvalue weighted by molar-refractivity contribution is 0.0180. The Morgan fingerprint density at radius 1 is 0.889 bits per heavy atom. The number of carbonyl (C=O) groups is 1. The number of Topliss-reactive ketones (excluding diaryl/α,β-unsaturated/α-hetero) is 1. The van der Waals surface area contributed by atoms with Crippen molar-refractivity contribution in [2.75, 3.05) is 46.8 Å². The Morgan fingerprint density at radius 3 is 2.15 bits per heavy atom. The third-order valence-corrected chi connectivity index (χ3v) is 3.73. The first kappa shape index (κ1) is 20.8. The monoisotopic (exact) mass is 375 g/mol. The van der Waals surface area contributed by atoms with Gasteiger partial charge in [-0.2, -0.15) is 0 Å². The highest BCUT2D eigenvalue weighted by atomic mass is 16.6. The predicted octanol–water partition coefficient (Wildman–Crippen LogP) is 2.10. The van der Waals surface area contributed by atoms with E-state index in [-0.39, 0.29) is 11.3 Å². The summed E-state index contributed by atoms with van der Waals surface area (Å²) >= 11 is 0. The SMILES string of the molecule is COCCOCCOCCOc1ccc(-n2cc(C(C)=O)ccc2=O)cc1. The van der Waals surface area contributed by atoms with E-state index in [9.17, 15) is 9.59 Å². The van der Waals surface area contributed by atoms with Gasteiger partial charge in [-0.3, -0.25) is 14.2 Å². The first-order valence-electron chi connectivity index (χ1n) is 8.73. The Bertz CT molecular complexity index is 769. The molecular weight excluding hydrogens is 350 g/mol. The zero-order valence-corrected chi connectivity index (χ0v) is 15.7. The second-order valence-corrected chi connectivity index (χ2v) is 5.74. The van der Waals surface area contributed by atoms with E-state index < -0.39 is 0 Å². The van der Waals surface area contributed by atoms with Gasteiger partial charge in [0.1, 0.15) is 12.4 Å². The number of rotatable bonds is 12. The van der Waals surface area contributed by atoms with Crippen molar-refractivity contribution < 1.29 is 23.7 Å². The van der Waals surface area contributed by atoms with Gasteiger partial charge in [-0.1, -0.05) is 0 Å². The third-order valence-electron chi connectivity index (χ3n) is 3.73. The summed E-state index contributed by atoms with van der Waals surface area (Å²) < 4.78 is 22.6. The molecule has 7 nitrogen and oxygen atoms in total. The van der Waals surface area contributed by atoms with Gasteiger partial charge in [-0.05, 0) is 37.3 Å². The van der Waals surface area contributed by atoms with E-state index in [1.165, 1.54) is 23.6 Å². The molecule has 1 aromatic heterocycles. The molecule has 0 atom stereocenters. The van der Waals surface area contributed by atoms with Crippen molar-refractivity contribution in [3.63, 3.8) is 0 Å². The van der Waals surface area contributed by atoms with Crippen molar-refractivity contribution in [2.45, 2.75) is 6.92 Å². The summed E-state index contributed by atoms with van der Waals surface area (Å²) in [5, 5.41) is 0. The Balaban J connectivity index is 1.78. The Labute approximate surface area is 158 Å². The predicted molar refractivity (Wildman–Crippen MR) is 101 cm³/mol. The smallest absolute Gasteiger partial charge is 0.255 e. The first-order chi connectivity index (χ1) is 13.1. The molecule has 1 aromatic carbocycles. The minimum Gasteiger partial charge on any atom is -0.491 e. The van der Waals surface area contributed by atoms with Crippen molar-refractivity contribution >= 4 is 5.78 Å². The normalized spacial score (nSPS) is 10.7. The molecule has 0 aliphatic carbocycles. The van der Waals surface area contributed by atoms with Crippen LogP contribution in [-0.4, -0.2) is 57.1 Å². The lowest BCUT2D eigenvalue weighted by atomic mass is 10.2. The number of methoxy groups -OCH3 is 1. The number of nitrogens with zero attached hydrogens (tertiary/aromatic N) is 1. The van der Waals surface area contributed by atoms with Crippen LogP contribution in [-0.2, 0) is 14.2 Å². The molecule has 2 aromatic rings. The maximum Gasteiger partial charge on any atom is 0.255 e. The molecular formula is C20H25NO6. The number of pyridine rings is 1. The van der Waals surface area contributed by atoms with Crippen LogP contribution in [0, 0.1) is 0 Å². The molecule has 7 heteroatoms. The van der Waals surface area contributed by atoms with Crippen LogP contribution in [0.15, 0.2) is 47.4 Å². The highest BCUT2D eigenvalue weighted by Gasteiger charge is 2.05. The van der Waals surface area contributed by atoms with Gasteiger partial charge in [-0.25, -0.2) is 0 Å². The molecule has 0 saturated heterocycles. The Kier molecular flexibility index (Phi) is 8.70. The zero-order valence-electron chi connectivity index (χ0n) is 15.7. The maximum absolute atomic E-state index is 12.0. The van der Waals surface area contributed by atoms with Crippen molar-refractivity contribution in [1.82, 2.24) is 4.57 Å². The van der Waals surface area contributed by atoms with Gasteiger partial charge in [-0.15, -0.1) is 0 Å². The summed E-state index contributed by atoms with van der Waals surface area (Å²) in [4.78, 5) is 23.5. The third kappa shape index (κ3) is 6.97. The van der Waals surface area contributed by atoms with E-state index in [4.69, 9.17) is 18.9 Å². The molecule has 0 aliphatic rings. The summed E-state index contributed by atoms with van der Waals surface area (Å²) in [6.07, 6.45) is 1.54. The summed E-state index contributed by atoms with van der Waals surface area (Å²) in [5.41, 5.74) is 0.952. The van der Waals surface area contributed by atoms with Gasteiger partial charge in [0.15, 0.2) is 5.78 Å². The van der Waals surface area contributed by atoms with Gasteiger partial charge in [0, 0.05) is 30.6 Å². The molecule has 27 heavy (non-hydrogen) atoms. The molecule has 0 bridgehead atoms. The van der Waals surface area contributed by atoms with E-state index in [1.54, 1.807) is 37.6 Å². The number of ketones is 1. The molecule has 0 N–H and O–H groups in total. The van der Waals surface area contributed by atoms with Gasteiger partial charge < -0.3 is 18.9 Å². The molecule has 146 valence electrons. The van der Waals surface area contributed by atoms with Crippen molar-refractivity contribution in [2.24, 2.45) is 0 Å². The van der Waals surface area contributed by atoms with Gasteiger partial charge in [0.25, 0.3) is 5.56 Å². The van der Waals surface area contributed by atoms with Crippen LogP contribution >= 0.6 is 0 Å². The largest absolute Gasteiger partial charge is 0.491 e. The summed E-state index contributed by atoms with van der Waals surface area (Å²) in [6, 6.07) is 10.0. The number of carbonyl (C=O) groups excluding carboxylic acids is 1. The number of benzene rings is 1. The highest BCUT2D eigenvalue weighted by molar-refractivity contribution is 5.93. The van der Waals surface area contributed by atoms with E-state index >= 15 is 0 Å². The maximum atomic E-state index is 12.0. The fraction of sp³-hybridized carbons (Fsp3) is 0.400. The summed E-state index contributed by atoms with van der Waals surface area (Å²) in [6.45, 7) is 4.49. The molecule has 0 aliphatic heterocycles. The van der Waals surface area contributed by atoms with Crippen molar-refractivity contribution in [3.8, 4) is 11.4 Å². The lowest BCUT2D eigenvalue weighted by Gasteiger charge is -2.10. The number of aromatic nitrogens is 1. The van der Waals surface area contributed by atoms with Gasteiger partial charge in [0.2, 0.25) is 0 Å². The molecule has 0 spiro atoms. The van der Waals surface area contributed by atoms with Crippen molar-refractivity contribution in [1.29, 1.82) is 0 Å². The van der Waals surface area contributed by atoms with E-state index in [1.807, 2.05) is 0 Å². The van der Waals surface area contributed by atoms with Crippen LogP contribution in [0.25, 0.3) is 5.69 Å². The Morgan fingerprint density at radius 2 is 1.52 bits per heavy atom. The number of ether oxygens (including phenoxy) is 4. The van der Waals surface area contributed by atoms with Crippen molar-refractivity contribution in [3.05, 3.63) is 58.5 Å². The Hall–Kier alpha value is -2.48. The molecule has 0 fully saturated rings. The fourth-order valence-corrected chi connectivity index (χ4v) is 2.28. The van der Waals surface area contributed by atoms with Crippen LogP contribution < -0.4 is 10.3 Å². The highest BCUT2D eigenvalue weighted by Crippen LogP contribution is 2.14. The molecule has 0 radical (unpaired) electrons. The summed E-state index contributed by atoms with van der Waals surface area (Å²) in [5.74, 6) is 0.585. The second-order valence-electron chi connectivity index (χ2n) is 5.74. The van der Waals surface area contributed by atoms with E-state index in [0.717, 1.165) is 0 Å². The average molecular weight is 375 g/mol.